The zero-order chi connectivity index (χ0) is 21.5. The predicted molar refractivity (Wildman–Crippen MR) is 105 cm³/mol. The predicted octanol–water partition coefficient (Wildman–Crippen LogP) is 2.12. The molecule has 0 spiro atoms. The number of carbonyl (C=O) groups is 1. The van der Waals surface area contributed by atoms with Crippen molar-refractivity contribution in [1.82, 2.24) is 0 Å². The average molecular weight is 404 g/mol. The third kappa shape index (κ3) is 4.42. The first-order valence-electron chi connectivity index (χ1n) is 9.68. The van der Waals surface area contributed by atoms with Crippen LogP contribution in [0, 0.1) is 21.7 Å². The molecule has 0 amide bonds. The van der Waals surface area contributed by atoms with Crippen LogP contribution in [0.5, 0.6) is 0 Å². The third-order valence-corrected chi connectivity index (χ3v) is 6.15. The number of nitrogens with one attached hydrogen (secondary N) is 2. The molecule has 0 aliphatic heterocycles. The highest BCUT2D eigenvalue weighted by molar-refractivity contribution is 5.91. The number of ether oxygens (including phenoxy) is 1. The number of allylic oxidation sites excluding steroid dienone is 2. The van der Waals surface area contributed by atoms with Crippen LogP contribution in [0.3, 0.4) is 0 Å². The quantitative estimate of drug-likeness (QED) is 0.346. The minimum atomic E-state index is -1.31. The summed E-state index contributed by atoms with van der Waals surface area (Å²) >= 11 is 0. The monoisotopic (exact) mass is 404 g/mol. The number of benzene rings is 1. The Morgan fingerprint density at radius 1 is 1.21 bits per heavy atom. The van der Waals surface area contributed by atoms with E-state index in [-0.39, 0.29) is 22.4 Å². The second-order valence-corrected chi connectivity index (χ2v) is 8.73. The molecular weight excluding hydrogens is 376 g/mol. The van der Waals surface area contributed by atoms with E-state index in [2.05, 4.69) is 27.4 Å². The van der Waals surface area contributed by atoms with E-state index in [9.17, 15) is 25.6 Å². The molecule has 1 aromatic carbocycles. The maximum absolute atomic E-state index is 12.8. The summed E-state index contributed by atoms with van der Waals surface area (Å²) < 4.78 is 5.80. The van der Waals surface area contributed by atoms with Crippen molar-refractivity contribution in [3.8, 4) is 0 Å². The van der Waals surface area contributed by atoms with Crippen molar-refractivity contribution in [3.05, 3.63) is 57.5 Å². The van der Waals surface area contributed by atoms with Crippen LogP contribution >= 0.6 is 0 Å². The normalized spacial score (nSPS) is 26.0. The molecule has 8 nitrogen and oxygen atoms in total. The van der Waals surface area contributed by atoms with Crippen LogP contribution < -0.4 is 10.5 Å². The lowest BCUT2D eigenvalue weighted by atomic mass is 9.80. The fourth-order valence-corrected chi connectivity index (χ4v) is 4.37. The van der Waals surface area contributed by atoms with Crippen molar-refractivity contribution >= 4 is 17.3 Å². The van der Waals surface area contributed by atoms with Crippen molar-refractivity contribution < 1.29 is 30.4 Å². The van der Waals surface area contributed by atoms with Gasteiger partial charge in [0.15, 0.2) is 11.4 Å². The molecule has 2 aliphatic rings. The number of hydrogen-bond donors (Lipinski definition) is 4. The third-order valence-electron chi connectivity index (χ3n) is 6.15. The molecule has 0 aromatic heterocycles. The number of quaternary nitrogens is 2. The highest BCUT2D eigenvalue weighted by Gasteiger charge is 2.42. The number of carbonyl (C=O) groups excluding carboxylic acids is 1. The number of esters is 1. The Labute approximate surface area is 169 Å². The van der Waals surface area contributed by atoms with Gasteiger partial charge in [-0.3, -0.25) is 0 Å². The first-order chi connectivity index (χ1) is 13.5. The van der Waals surface area contributed by atoms with E-state index in [1.165, 1.54) is 11.1 Å². The second-order valence-electron chi connectivity index (χ2n) is 8.73. The molecule has 0 heterocycles. The fourth-order valence-electron chi connectivity index (χ4n) is 4.37. The summed E-state index contributed by atoms with van der Waals surface area (Å²) in [7, 11) is 0. The summed E-state index contributed by atoms with van der Waals surface area (Å²) in [6, 6.07) is 3.32. The number of rotatable bonds is 4. The lowest BCUT2D eigenvalue weighted by molar-refractivity contribution is -0.996. The first-order valence-corrected chi connectivity index (χ1v) is 9.68. The summed E-state index contributed by atoms with van der Waals surface area (Å²) in [5.74, 6) is -0.397. The topological polar surface area (TPSA) is 122 Å². The van der Waals surface area contributed by atoms with Crippen LogP contribution in [0.15, 0.2) is 41.5 Å². The molecule has 2 aliphatic carbocycles. The van der Waals surface area contributed by atoms with Gasteiger partial charge in [0, 0.05) is 29.9 Å². The standard InChI is InChI=1S/C21H28N2O6/c1-12-5-6-17-13(2)7-19(21(3,4)11-18(12)17)29-20(24)14-8-15(22(25)26)10-16(9-14)23(27)28/h8-10,17,19,22-23,25,27H,2,5-7,11H2,1,3-4H3. The van der Waals surface area contributed by atoms with Gasteiger partial charge in [-0.05, 0) is 26.2 Å². The van der Waals surface area contributed by atoms with E-state index in [1.54, 1.807) is 0 Å². The Morgan fingerprint density at radius 3 is 2.34 bits per heavy atom. The van der Waals surface area contributed by atoms with Gasteiger partial charge in [-0.2, -0.15) is 10.5 Å². The Bertz CT molecular complexity index is 832. The van der Waals surface area contributed by atoms with Crippen LogP contribution in [0.4, 0.5) is 11.4 Å². The Hall–Kier alpha value is -2.07. The minimum Gasteiger partial charge on any atom is -0.595 e. The average Bonchev–Trinajstić information content (AvgIpc) is 2.96. The van der Waals surface area contributed by atoms with Crippen molar-refractivity contribution in [2.24, 2.45) is 11.3 Å². The molecule has 8 heteroatoms. The molecule has 1 saturated carbocycles. The summed E-state index contributed by atoms with van der Waals surface area (Å²) in [5.41, 5.74) is 2.88. The smallest absolute Gasteiger partial charge is 0.338 e. The van der Waals surface area contributed by atoms with Gasteiger partial charge in [0.05, 0.1) is 11.6 Å². The molecule has 29 heavy (non-hydrogen) atoms. The van der Waals surface area contributed by atoms with Crippen LogP contribution in [0.1, 0.15) is 56.8 Å². The van der Waals surface area contributed by atoms with Gasteiger partial charge in [-0.1, -0.05) is 37.1 Å². The molecule has 1 aromatic rings. The summed E-state index contributed by atoms with van der Waals surface area (Å²) in [6.45, 7) is 10.5. The largest absolute Gasteiger partial charge is 0.595 e. The summed E-state index contributed by atoms with van der Waals surface area (Å²) in [5, 5.41) is 38.5. The summed E-state index contributed by atoms with van der Waals surface area (Å²) in [4.78, 5) is 12.8. The van der Waals surface area contributed by atoms with Crippen molar-refractivity contribution in [2.45, 2.75) is 52.6 Å². The molecule has 4 unspecified atom stereocenters. The van der Waals surface area contributed by atoms with E-state index in [0.717, 1.165) is 43.0 Å². The molecule has 4 atom stereocenters. The van der Waals surface area contributed by atoms with E-state index < -0.39 is 22.5 Å². The lowest BCUT2D eigenvalue weighted by Crippen LogP contribution is -3.00. The molecule has 158 valence electrons. The van der Waals surface area contributed by atoms with E-state index in [0.29, 0.717) is 12.3 Å². The molecule has 0 saturated heterocycles. The molecule has 4 N–H and O–H groups in total. The van der Waals surface area contributed by atoms with Gasteiger partial charge in [0.1, 0.15) is 6.10 Å². The molecular formula is C21H28N2O6. The van der Waals surface area contributed by atoms with Crippen LogP contribution in [-0.4, -0.2) is 22.5 Å². The Balaban J connectivity index is 1.88. The van der Waals surface area contributed by atoms with Gasteiger partial charge < -0.3 is 15.2 Å². The maximum atomic E-state index is 12.8. The van der Waals surface area contributed by atoms with E-state index in [1.807, 2.05) is 0 Å². The molecule has 3 rings (SSSR count). The first kappa shape index (κ1) is 21.6. The fraction of sp³-hybridized carbons (Fsp3) is 0.476. The highest BCUT2D eigenvalue weighted by atomic mass is 16.8. The highest BCUT2D eigenvalue weighted by Crippen LogP contribution is 2.49. The van der Waals surface area contributed by atoms with Gasteiger partial charge >= 0.3 is 5.97 Å². The van der Waals surface area contributed by atoms with Crippen molar-refractivity contribution in [3.63, 3.8) is 0 Å². The Kier molecular flexibility index (Phi) is 5.96. The van der Waals surface area contributed by atoms with Gasteiger partial charge in [-0.15, -0.1) is 0 Å². The summed E-state index contributed by atoms with van der Waals surface area (Å²) in [6.07, 6.45) is 3.01. The van der Waals surface area contributed by atoms with Gasteiger partial charge in [-0.25, -0.2) is 15.2 Å². The minimum absolute atomic E-state index is 0.0800. The molecule has 1 fully saturated rings. The number of fused-ring (bicyclic) bond motifs is 1. The maximum Gasteiger partial charge on any atom is 0.338 e. The zero-order valence-electron chi connectivity index (χ0n) is 16.9. The molecule has 0 bridgehead atoms. The van der Waals surface area contributed by atoms with Crippen LogP contribution in [0.25, 0.3) is 0 Å². The van der Waals surface area contributed by atoms with E-state index in [4.69, 9.17) is 4.74 Å². The lowest BCUT2D eigenvalue weighted by Gasteiger charge is -2.32. The van der Waals surface area contributed by atoms with Gasteiger partial charge in [0.25, 0.3) is 0 Å². The number of hydrogen-bond acceptors (Lipinski definition) is 6. The van der Waals surface area contributed by atoms with Crippen LogP contribution in [0.2, 0.25) is 0 Å². The van der Waals surface area contributed by atoms with Crippen molar-refractivity contribution in [1.29, 1.82) is 0 Å². The molecule has 0 radical (unpaired) electrons. The SMILES string of the molecule is C=C1CC(OC(=O)c2cc([NH+]([O-])O)cc([NH+]([O-])O)c2)C(C)(C)CC2=C(C)CCC12. The zero-order valence-corrected chi connectivity index (χ0v) is 16.9. The van der Waals surface area contributed by atoms with Crippen LogP contribution in [-0.2, 0) is 4.74 Å². The Morgan fingerprint density at radius 2 is 1.79 bits per heavy atom. The van der Waals surface area contributed by atoms with E-state index >= 15 is 0 Å². The van der Waals surface area contributed by atoms with Gasteiger partial charge in [0.2, 0.25) is 0 Å². The van der Waals surface area contributed by atoms with Crippen molar-refractivity contribution in [2.75, 3.05) is 0 Å². The second kappa shape index (κ2) is 7.98.